The third-order valence-corrected chi connectivity index (χ3v) is 3.46. The number of carbonyl (C=O) groups is 1. The zero-order chi connectivity index (χ0) is 15.4. The van der Waals surface area contributed by atoms with Gasteiger partial charge in [0.15, 0.2) is 0 Å². The number of carbonyl (C=O) groups excluding carboxylic acids is 1. The van der Waals surface area contributed by atoms with E-state index in [0.717, 1.165) is 5.56 Å². The molecule has 1 aromatic carbocycles. The molecule has 110 valence electrons. The summed E-state index contributed by atoms with van der Waals surface area (Å²) in [5, 5.41) is 3.26. The van der Waals surface area contributed by atoms with E-state index in [2.05, 4.69) is 24.1 Å². The molecule has 0 aliphatic carbocycles. The van der Waals surface area contributed by atoms with E-state index in [1.165, 1.54) is 12.3 Å². The first kappa shape index (κ1) is 15.3. The summed E-state index contributed by atoms with van der Waals surface area (Å²) in [5.41, 5.74) is 7.51. The van der Waals surface area contributed by atoms with Crippen molar-refractivity contribution in [3.8, 4) is 0 Å². The Hall–Kier alpha value is -2.07. The molecule has 4 nitrogen and oxygen atoms in total. The van der Waals surface area contributed by atoms with Crippen LogP contribution in [0.3, 0.4) is 0 Å². The molecule has 0 saturated heterocycles. The number of hydrogen-bond acceptors (Lipinski definition) is 3. The molecule has 2 aromatic rings. The minimum atomic E-state index is -0.251. The van der Waals surface area contributed by atoms with Gasteiger partial charge in [-0.15, -0.1) is 0 Å². The molecule has 1 unspecified atom stereocenters. The van der Waals surface area contributed by atoms with Crippen LogP contribution in [0.25, 0.3) is 0 Å². The van der Waals surface area contributed by atoms with Crippen LogP contribution >= 0.6 is 11.6 Å². The molecule has 1 heterocycles. The minimum absolute atomic E-state index is 0.0926. The Labute approximate surface area is 129 Å². The van der Waals surface area contributed by atoms with Crippen LogP contribution in [0.1, 0.15) is 35.8 Å². The van der Waals surface area contributed by atoms with E-state index in [-0.39, 0.29) is 23.0 Å². The first-order valence-electron chi connectivity index (χ1n) is 6.76. The second-order valence-electron chi connectivity index (χ2n) is 5.20. The van der Waals surface area contributed by atoms with Crippen LogP contribution in [0.15, 0.2) is 42.6 Å². The molecule has 2 rings (SSSR count). The lowest BCUT2D eigenvalue weighted by molar-refractivity contribution is 0.0926. The number of hydrogen-bond donors (Lipinski definition) is 2. The molecular formula is C16H18ClN3O. The van der Waals surface area contributed by atoms with E-state index in [9.17, 15) is 4.79 Å². The number of benzene rings is 1. The maximum atomic E-state index is 12.4. The monoisotopic (exact) mass is 303 g/mol. The van der Waals surface area contributed by atoms with Crippen molar-refractivity contribution in [1.82, 2.24) is 10.3 Å². The van der Waals surface area contributed by atoms with Crippen LogP contribution < -0.4 is 11.1 Å². The van der Waals surface area contributed by atoms with E-state index in [4.69, 9.17) is 17.3 Å². The van der Waals surface area contributed by atoms with Crippen LogP contribution in [0.5, 0.6) is 0 Å². The fourth-order valence-electron chi connectivity index (χ4n) is 2.15. The number of amides is 1. The second kappa shape index (κ2) is 6.59. The van der Waals surface area contributed by atoms with Gasteiger partial charge in [-0.25, -0.2) is 4.98 Å². The zero-order valence-corrected chi connectivity index (χ0v) is 12.8. The number of pyridine rings is 1. The van der Waals surface area contributed by atoms with E-state index in [0.29, 0.717) is 11.3 Å². The standard InChI is InChI=1S/C16H18ClN3O/c1-10(2)15(11-6-4-3-5-7-11)20-16(21)12-8-14(17)19-9-13(12)18/h3-10,15H,18H2,1-2H3,(H,20,21). The zero-order valence-electron chi connectivity index (χ0n) is 12.0. The van der Waals surface area contributed by atoms with E-state index < -0.39 is 0 Å². The van der Waals surface area contributed by atoms with Crippen LogP contribution in [0.2, 0.25) is 5.15 Å². The molecule has 3 N–H and O–H groups in total. The number of rotatable bonds is 4. The lowest BCUT2D eigenvalue weighted by atomic mass is 9.95. The Balaban J connectivity index is 2.25. The highest BCUT2D eigenvalue weighted by molar-refractivity contribution is 6.29. The van der Waals surface area contributed by atoms with Crippen molar-refractivity contribution in [2.24, 2.45) is 5.92 Å². The van der Waals surface area contributed by atoms with Gasteiger partial charge in [-0.2, -0.15) is 0 Å². The number of halogens is 1. The number of nitrogens with one attached hydrogen (secondary N) is 1. The quantitative estimate of drug-likeness (QED) is 0.850. The highest BCUT2D eigenvalue weighted by Gasteiger charge is 2.20. The Bertz CT molecular complexity index is 629. The number of anilines is 1. The van der Waals surface area contributed by atoms with Crippen molar-refractivity contribution in [3.05, 3.63) is 58.9 Å². The van der Waals surface area contributed by atoms with Gasteiger partial charge >= 0.3 is 0 Å². The largest absolute Gasteiger partial charge is 0.397 e. The van der Waals surface area contributed by atoms with Crippen LogP contribution in [-0.2, 0) is 0 Å². The molecule has 0 bridgehead atoms. The van der Waals surface area contributed by atoms with Gasteiger partial charge in [-0.05, 0) is 17.5 Å². The van der Waals surface area contributed by atoms with Crippen molar-refractivity contribution >= 4 is 23.2 Å². The average molecular weight is 304 g/mol. The van der Waals surface area contributed by atoms with Gasteiger partial charge < -0.3 is 11.1 Å². The summed E-state index contributed by atoms with van der Waals surface area (Å²) in [6.07, 6.45) is 1.39. The molecule has 1 aromatic heterocycles. The van der Waals surface area contributed by atoms with Gasteiger partial charge in [0, 0.05) is 0 Å². The molecule has 0 saturated carbocycles. The normalized spacial score (nSPS) is 12.2. The van der Waals surface area contributed by atoms with E-state index in [1.807, 2.05) is 30.3 Å². The van der Waals surface area contributed by atoms with E-state index in [1.54, 1.807) is 0 Å². The topological polar surface area (TPSA) is 68.0 Å². The Morgan fingerprint density at radius 1 is 1.29 bits per heavy atom. The van der Waals surface area contributed by atoms with Gasteiger partial charge in [0.2, 0.25) is 0 Å². The number of nitrogens with zero attached hydrogens (tertiary/aromatic N) is 1. The molecule has 0 radical (unpaired) electrons. The molecule has 1 amide bonds. The maximum absolute atomic E-state index is 12.4. The van der Waals surface area contributed by atoms with Crippen molar-refractivity contribution in [2.75, 3.05) is 5.73 Å². The fourth-order valence-corrected chi connectivity index (χ4v) is 2.31. The highest BCUT2D eigenvalue weighted by Crippen LogP contribution is 2.23. The molecule has 1 atom stereocenters. The fraction of sp³-hybridized carbons (Fsp3) is 0.250. The van der Waals surface area contributed by atoms with Crippen LogP contribution in [-0.4, -0.2) is 10.9 Å². The molecule has 0 aliphatic heterocycles. The maximum Gasteiger partial charge on any atom is 0.254 e. The van der Waals surface area contributed by atoms with Gasteiger partial charge in [-0.1, -0.05) is 55.8 Å². The van der Waals surface area contributed by atoms with Crippen molar-refractivity contribution < 1.29 is 4.79 Å². The first-order chi connectivity index (χ1) is 9.99. The minimum Gasteiger partial charge on any atom is -0.397 e. The summed E-state index contributed by atoms with van der Waals surface area (Å²) in [6.45, 7) is 4.11. The van der Waals surface area contributed by atoms with Gasteiger partial charge in [0.25, 0.3) is 5.91 Å². The lowest BCUT2D eigenvalue weighted by Crippen LogP contribution is -2.32. The Kier molecular flexibility index (Phi) is 4.81. The predicted octanol–water partition coefficient (Wildman–Crippen LogP) is 3.44. The SMILES string of the molecule is CC(C)C(NC(=O)c1cc(Cl)ncc1N)c1ccccc1. The Morgan fingerprint density at radius 2 is 1.95 bits per heavy atom. The molecule has 0 spiro atoms. The summed E-state index contributed by atoms with van der Waals surface area (Å²) < 4.78 is 0. The summed E-state index contributed by atoms with van der Waals surface area (Å²) in [5.74, 6) is -0.00534. The molecule has 0 fully saturated rings. The van der Waals surface area contributed by atoms with Crippen molar-refractivity contribution in [2.45, 2.75) is 19.9 Å². The van der Waals surface area contributed by atoms with Crippen molar-refractivity contribution in [3.63, 3.8) is 0 Å². The third kappa shape index (κ3) is 3.73. The molecule has 21 heavy (non-hydrogen) atoms. The number of nitrogens with two attached hydrogens (primary N) is 1. The third-order valence-electron chi connectivity index (χ3n) is 3.26. The van der Waals surface area contributed by atoms with Gasteiger partial charge in [0.1, 0.15) is 5.15 Å². The highest BCUT2D eigenvalue weighted by atomic mass is 35.5. The summed E-state index contributed by atoms with van der Waals surface area (Å²) >= 11 is 5.83. The number of aromatic nitrogens is 1. The molecule has 0 aliphatic rings. The lowest BCUT2D eigenvalue weighted by Gasteiger charge is -2.23. The molecular weight excluding hydrogens is 286 g/mol. The number of nitrogen functional groups attached to an aromatic ring is 1. The van der Waals surface area contributed by atoms with Crippen LogP contribution in [0, 0.1) is 5.92 Å². The second-order valence-corrected chi connectivity index (χ2v) is 5.59. The first-order valence-corrected chi connectivity index (χ1v) is 7.13. The van der Waals surface area contributed by atoms with Gasteiger partial charge in [-0.3, -0.25) is 4.79 Å². The smallest absolute Gasteiger partial charge is 0.254 e. The van der Waals surface area contributed by atoms with Crippen LogP contribution in [0.4, 0.5) is 5.69 Å². The average Bonchev–Trinajstić information content (AvgIpc) is 2.47. The summed E-state index contributed by atoms with van der Waals surface area (Å²) in [4.78, 5) is 16.3. The predicted molar refractivity (Wildman–Crippen MR) is 85.1 cm³/mol. The Morgan fingerprint density at radius 3 is 2.57 bits per heavy atom. The van der Waals surface area contributed by atoms with Crippen molar-refractivity contribution in [1.29, 1.82) is 0 Å². The summed E-state index contributed by atoms with van der Waals surface area (Å²) in [6, 6.07) is 11.2. The van der Waals surface area contributed by atoms with E-state index >= 15 is 0 Å². The summed E-state index contributed by atoms with van der Waals surface area (Å²) in [7, 11) is 0. The van der Waals surface area contributed by atoms with Gasteiger partial charge in [0.05, 0.1) is 23.5 Å². The molecule has 5 heteroatoms.